The molecule has 0 bridgehead atoms. The number of hydrogen-bond acceptors (Lipinski definition) is 2. The second kappa shape index (κ2) is 12.5. The van der Waals surface area contributed by atoms with Gasteiger partial charge >= 0.3 is 0 Å². The van der Waals surface area contributed by atoms with Crippen molar-refractivity contribution >= 4 is 17.4 Å². The number of halogens is 1. The Morgan fingerprint density at radius 1 is 1.18 bits per heavy atom. The van der Waals surface area contributed by atoms with Crippen molar-refractivity contribution in [2.45, 2.75) is 66.7 Å². The van der Waals surface area contributed by atoms with Gasteiger partial charge in [0, 0.05) is 12.3 Å². The monoisotopic (exact) mass is 326 g/mol. The SMILES string of the molecule is CC.CCOc1cc(CCCCCC(=O)C(C)C)ccc1Cl. The van der Waals surface area contributed by atoms with Crippen LogP contribution in [-0.4, -0.2) is 12.4 Å². The first-order valence-corrected chi connectivity index (χ1v) is 8.86. The van der Waals surface area contributed by atoms with E-state index in [0.717, 1.165) is 31.4 Å². The normalized spacial score (nSPS) is 10.1. The van der Waals surface area contributed by atoms with Gasteiger partial charge in [0.1, 0.15) is 11.5 Å². The fourth-order valence-electron chi connectivity index (χ4n) is 2.06. The summed E-state index contributed by atoms with van der Waals surface area (Å²) in [5.74, 6) is 1.30. The molecular formula is C19H31ClO2. The van der Waals surface area contributed by atoms with Gasteiger partial charge in [0.15, 0.2) is 0 Å². The molecule has 0 atom stereocenters. The fourth-order valence-corrected chi connectivity index (χ4v) is 2.24. The second-order valence-corrected chi connectivity index (χ2v) is 5.79. The van der Waals surface area contributed by atoms with E-state index in [-0.39, 0.29) is 5.92 Å². The van der Waals surface area contributed by atoms with E-state index < -0.39 is 0 Å². The standard InChI is InChI=1S/C17H25ClO2.C2H6/c1-4-20-17-12-14(10-11-15(17)18)8-6-5-7-9-16(19)13(2)3;1-2/h10-13H,4-9H2,1-3H3;1-2H3. The van der Waals surface area contributed by atoms with E-state index in [9.17, 15) is 4.79 Å². The number of Topliss-reactive ketones (excluding diaryl/α,β-unsaturated/α-hetero) is 1. The van der Waals surface area contributed by atoms with Crippen LogP contribution in [0.1, 0.15) is 65.9 Å². The lowest BCUT2D eigenvalue weighted by atomic mass is 10.0. The van der Waals surface area contributed by atoms with Crippen LogP contribution in [0, 0.1) is 5.92 Å². The summed E-state index contributed by atoms with van der Waals surface area (Å²) in [5, 5.41) is 0.665. The minimum Gasteiger partial charge on any atom is -0.492 e. The fraction of sp³-hybridized carbons (Fsp3) is 0.632. The van der Waals surface area contributed by atoms with Gasteiger partial charge in [-0.05, 0) is 43.9 Å². The number of ketones is 1. The van der Waals surface area contributed by atoms with Crippen LogP contribution in [0.4, 0.5) is 0 Å². The van der Waals surface area contributed by atoms with Crippen LogP contribution < -0.4 is 4.74 Å². The van der Waals surface area contributed by atoms with Gasteiger partial charge in [0.25, 0.3) is 0 Å². The largest absolute Gasteiger partial charge is 0.492 e. The van der Waals surface area contributed by atoms with Crippen molar-refractivity contribution in [1.29, 1.82) is 0 Å². The minimum atomic E-state index is 0.167. The van der Waals surface area contributed by atoms with Gasteiger partial charge in [-0.1, -0.05) is 51.8 Å². The Hall–Kier alpha value is -1.02. The van der Waals surface area contributed by atoms with Crippen molar-refractivity contribution in [3.63, 3.8) is 0 Å². The summed E-state index contributed by atoms with van der Waals surface area (Å²) >= 11 is 6.06. The molecule has 0 radical (unpaired) electrons. The van der Waals surface area contributed by atoms with Crippen LogP contribution >= 0.6 is 11.6 Å². The lowest BCUT2D eigenvalue weighted by Crippen LogP contribution is -2.06. The van der Waals surface area contributed by atoms with E-state index >= 15 is 0 Å². The first kappa shape index (κ1) is 21.0. The van der Waals surface area contributed by atoms with E-state index in [4.69, 9.17) is 16.3 Å². The smallest absolute Gasteiger partial charge is 0.138 e. The molecule has 0 aromatic heterocycles. The summed E-state index contributed by atoms with van der Waals surface area (Å²) in [6.07, 6.45) is 4.89. The van der Waals surface area contributed by atoms with Crippen LogP contribution in [0.15, 0.2) is 18.2 Å². The number of ether oxygens (including phenoxy) is 1. The Labute approximate surface area is 141 Å². The van der Waals surface area contributed by atoms with Gasteiger partial charge in [-0.2, -0.15) is 0 Å². The molecule has 2 nitrogen and oxygen atoms in total. The molecule has 1 aromatic carbocycles. The lowest BCUT2D eigenvalue weighted by Gasteiger charge is -2.08. The first-order chi connectivity index (χ1) is 10.5. The van der Waals surface area contributed by atoms with Crippen LogP contribution in [0.25, 0.3) is 0 Å². The lowest BCUT2D eigenvalue weighted by molar-refractivity contribution is -0.122. The van der Waals surface area contributed by atoms with Gasteiger partial charge in [0.2, 0.25) is 0 Å². The molecule has 0 amide bonds. The van der Waals surface area contributed by atoms with Crippen molar-refractivity contribution in [3.05, 3.63) is 28.8 Å². The molecule has 22 heavy (non-hydrogen) atoms. The molecule has 1 aromatic rings. The maximum Gasteiger partial charge on any atom is 0.138 e. The molecular weight excluding hydrogens is 296 g/mol. The molecule has 0 aliphatic heterocycles. The van der Waals surface area contributed by atoms with Gasteiger partial charge in [0.05, 0.1) is 11.6 Å². The van der Waals surface area contributed by atoms with Crippen LogP contribution in [0.5, 0.6) is 5.75 Å². The number of carbonyl (C=O) groups is 1. The zero-order valence-electron chi connectivity index (χ0n) is 14.7. The summed E-state index contributed by atoms with van der Waals surface area (Å²) < 4.78 is 5.49. The van der Waals surface area contributed by atoms with E-state index in [1.807, 2.05) is 52.8 Å². The summed E-state index contributed by atoms with van der Waals surface area (Å²) in [6.45, 7) is 10.5. The van der Waals surface area contributed by atoms with Gasteiger partial charge in [-0.15, -0.1) is 0 Å². The third-order valence-corrected chi connectivity index (χ3v) is 3.64. The molecule has 0 saturated heterocycles. The molecule has 126 valence electrons. The van der Waals surface area contributed by atoms with Crippen molar-refractivity contribution < 1.29 is 9.53 Å². The third-order valence-electron chi connectivity index (χ3n) is 3.33. The Bertz CT molecular complexity index is 427. The van der Waals surface area contributed by atoms with E-state index in [1.54, 1.807) is 0 Å². The van der Waals surface area contributed by atoms with Crippen LogP contribution in [-0.2, 0) is 11.2 Å². The minimum absolute atomic E-state index is 0.167. The number of carbonyl (C=O) groups excluding carboxylic acids is 1. The molecule has 0 spiro atoms. The number of hydrogen-bond donors (Lipinski definition) is 0. The zero-order valence-corrected chi connectivity index (χ0v) is 15.5. The quantitative estimate of drug-likeness (QED) is 0.513. The van der Waals surface area contributed by atoms with E-state index in [1.165, 1.54) is 5.56 Å². The number of rotatable bonds is 9. The molecule has 0 aliphatic carbocycles. The maximum atomic E-state index is 11.5. The van der Waals surface area contributed by atoms with Gasteiger partial charge < -0.3 is 4.74 Å². The van der Waals surface area contributed by atoms with E-state index in [0.29, 0.717) is 23.8 Å². The zero-order chi connectivity index (χ0) is 17.0. The molecule has 0 saturated carbocycles. The molecule has 0 unspecified atom stereocenters. The molecule has 3 heteroatoms. The second-order valence-electron chi connectivity index (χ2n) is 5.38. The average Bonchev–Trinajstić information content (AvgIpc) is 2.52. The molecule has 0 fully saturated rings. The van der Waals surface area contributed by atoms with Crippen molar-refractivity contribution in [2.75, 3.05) is 6.61 Å². The topological polar surface area (TPSA) is 26.3 Å². The van der Waals surface area contributed by atoms with Gasteiger partial charge in [-0.25, -0.2) is 0 Å². The van der Waals surface area contributed by atoms with Crippen molar-refractivity contribution in [2.24, 2.45) is 5.92 Å². The highest BCUT2D eigenvalue weighted by molar-refractivity contribution is 6.32. The van der Waals surface area contributed by atoms with Crippen molar-refractivity contribution in [1.82, 2.24) is 0 Å². The summed E-state index contributed by atoms with van der Waals surface area (Å²) in [5.41, 5.74) is 1.24. The molecule has 1 rings (SSSR count). The summed E-state index contributed by atoms with van der Waals surface area (Å²) in [4.78, 5) is 11.5. The highest BCUT2D eigenvalue weighted by Gasteiger charge is 2.06. The van der Waals surface area contributed by atoms with Crippen molar-refractivity contribution in [3.8, 4) is 5.75 Å². The number of unbranched alkanes of at least 4 members (excludes halogenated alkanes) is 2. The number of benzene rings is 1. The Morgan fingerprint density at radius 2 is 1.86 bits per heavy atom. The summed E-state index contributed by atoms with van der Waals surface area (Å²) in [7, 11) is 0. The number of aryl methyl sites for hydroxylation is 1. The first-order valence-electron chi connectivity index (χ1n) is 8.48. The highest BCUT2D eigenvalue weighted by Crippen LogP contribution is 2.26. The predicted octanol–water partition coefficient (Wildman–Crippen LogP) is 6.09. The maximum absolute atomic E-state index is 11.5. The highest BCUT2D eigenvalue weighted by atomic mass is 35.5. The average molecular weight is 327 g/mol. The van der Waals surface area contributed by atoms with Crippen LogP contribution in [0.3, 0.4) is 0 Å². The summed E-state index contributed by atoms with van der Waals surface area (Å²) in [6, 6.07) is 5.96. The Balaban J connectivity index is 0.00000211. The Kier molecular flexibility index (Phi) is 11.9. The van der Waals surface area contributed by atoms with Crippen LogP contribution in [0.2, 0.25) is 5.02 Å². The van der Waals surface area contributed by atoms with E-state index in [2.05, 4.69) is 0 Å². The molecule has 0 N–H and O–H groups in total. The van der Waals surface area contributed by atoms with Gasteiger partial charge in [-0.3, -0.25) is 4.79 Å². The predicted molar refractivity (Wildman–Crippen MR) is 96.0 cm³/mol. The molecule has 0 heterocycles. The third kappa shape index (κ3) is 8.43. The molecule has 0 aliphatic rings. The Morgan fingerprint density at radius 3 is 2.45 bits per heavy atom.